The number of carbonyl (C=O) groups excluding carboxylic acids is 2. The molecule has 0 saturated heterocycles. The third kappa shape index (κ3) is 8.96. The third-order valence-electron chi connectivity index (χ3n) is 6.46. The van der Waals surface area contributed by atoms with Crippen LogP contribution in [0.1, 0.15) is 37.5 Å². The molecule has 39 heavy (non-hydrogen) atoms. The van der Waals surface area contributed by atoms with Gasteiger partial charge in [-0.05, 0) is 41.2 Å². The summed E-state index contributed by atoms with van der Waals surface area (Å²) in [4.78, 5) is 29.1. The first kappa shape index (κ1) is 29.9. The van der Waals surface area contributed by atoms with Crippen LogP contribution in [0.25, 0.3) is 0 Å². The molecule has 0 aliphatic rings. The van der Waals surface area contributed by atoms with Crippen molar-refractivity contribution in [3.8, 4) is 0 Å². The number of amides is 2. The van der Waals surface area contributed by atoms with Gasteiger partial charge in [0.05, 0.1) is 11.9 Å². The first-order chi connectivity index (χ1) is 18.6. The molecule has 1 atom stereocenters. The van der Waals surface area contributed by atoms with E-state index < -0.39 is 28.5 Å². The molecular formula is C31H39N3O4S. The lowest BCUT2D eigenvalue weighted by Crippen LogP contribution is -2.53. The van der Waals surface area contributed by atoms with Crippen LogP contribution >= 0.6 is 0 Å². The molecule has 0 aliphatic carbocycles. The zero-order valence-electron chi connectivity index (χ0n) is 23.2. The minimum absolute atomic E-state index is 0.165. The van der Waals surface area contributed by atoms with Gasteiger partial charge in [0, 0.05) is 19.5 Å². The van der Waals surface area contributed by atoms with Crippen LogP contribution in [0.5, 0.6) is 0 Å². The Morgan fingerprint density at radius 3 is 1.90 bits per heavy atom. The Labute approximate surface area is 232 Å². The molecule has 0 aromatic heterocycles. The second-order valence-corrected chi connectivity index (χ2v) is 12.0. The van der Waals surface area contributed by atoms with Gasteiger partial charge in [0.2, 0.25) is 21.8 Å². The van der Waals surface area contributed by atoms with E-state index in [2.05, 4.69) is 5.32 Å². The second-order valence-electron chi connectivity index (χ2n) is 10.1. The molecule has 3 aromatic carbocycles. The summed E-state index contributed by atoms with van der Waals surface area (Å²) in [6.45, 7) is 6.25. The first-order valence-electron chi connectivity index (χ1n) is 13.3. The summed E-state index contributed by atoms with van der Waals surface area (Å²) in [5.41, 5.74) is 3.22. The average molecular weight is 550 g/mol. The highest BCUT2D eigenvalue weighted by atomic mass is 32.2. The van der Waals surface area contributed by atoms with Gasteiger partial charge in [0.1, 0.15) is 12.6 Å². The van der Waals surface area contributed by atoms with E-state index in [1.807, 2.05) is 93.6 Å². The van der Waals surface area contributed by atoms with E-state index in [-0.39, 0.29) is 18.4 Å². The van der Waals surface area contributed by atoms with Crippen LogP contribution in [0.4, 0.5) is 5.69 Å². The van der Waals surface area contributed by atoms with Gasteiger partial charge >= 0.3 is 0 Å². The van der Waals surface area contributed by atoms with Crippen molar-refractivity contribution in [1.82, 2.24) is 10.2 Å². The maximum Gasteiger partial charge on any atom is 0.244 e. The van der Waals surface area contributed by atoms with Gasteiger partial charge in [-0.15, -0.1) is 0 Å². The Morgan fingerprint density at radius 1 is 0.821 bits per heavy atom. The predicted molar refractivity (Wildman–Crippen MR) is 157 cm³/mol. The molecule has 0 aliphatic heterocycles. The number of aryl methyl sites for hydroxylation is 1. The van der Waals surface area contributed by atoms with Crippen molar-refractivity contribution in [3.05, 3.63) is 102 Å². The zero-order chi connectivity index (χ0) is 28.4. The summed E-state index contributed by atoms with van der Waals surface area (Å²) >= 11 is 0. The molecule has 0 spiro atoms. The summed E-state index contributed by atoms with van der Waals surface area (Å²) in [6, 6.07) is 25.3. The molecule has 3 rings (SSSR count). The van der Waals surface area contributed by atoms with Crippen molar-refractivity contribution in [1.29, 1.82) is 0 Å². The molecule has 3 aromatic rings. The highest BCUT2D eigenvalue weighted by Crippen LogP contribution is 2.21. The standard InChI is InChI=1S/C31H39N3O4S/c1-5-25-16-18-28(19-17-25)34(39(4,37)38)23-30(35)33(22-27-14-10-7-11-15-27)29(31(36)32-21-24(2)3)20-26-12-8-6-9-13-26/h6-19,24,29H,5,20-23H2,1-4H3,(H,32,36)/t29-/m1/s1. The van der Waals surface area contributed by atoms with Gasteiger partial charge in [0.25, 0.3) is 0 Å². The molecule has 0 bridgehead atoms. The number of nitrogens with zero attached hydrogens (tertiary/aromatic N) is 2. The van der Waals surface area contributed by atoms with Gasteiger partial charge < -0.3 is 10.2 Å². The first-order valence-corrected chi connectivity index (χ1v) is 15.1. The number of anilines is 1. The molecule has 8 heteroatoms. The van der Waals surface area contributed by atoms with E-state index in [0.29, 0.717) is 18.7 Å². The molecule has 7 nitrogen and oxygen atoms in total. The Kier molecular flexibility index (Phi) is 10.7. The summed E-state index contributed by atoms with van der Waals surface area (Å²) in [7, 11) is -3.78. The minimum Gasteiger partial charge on any atom is -0.354 e. The van der Waals surface area contributed by atoms with Crippen LogP contribution in [0.3, 0.4) is 0 Å². The van der Waals surface area contributed by atoms with Crippen LogP contribution in [0, 0.1) is 5.92 Å². The van der Waals surface area contributed by atoms with Gasteiger partial charge in [-0.2, -0.15) is 0 Å². The lowest BCUT2D eigenvalue weighted by molar-refractivity contribution is -0.140. The molecule has 0 unspecified atom stereocenters. The van der Waals surface area contributed by atoms with E-state index in [0.717, 1.165) is 33.7 Å². The van der Waals surface area contributed by atoms with Crippen LogP contribution in [-0.4, -0.2) is 50.5 Å². The maximum atomic E-state index is 14.0. The third-order valence-corrected chi connectivity index (χ3v) is 7.60. The second kappa shape index (κ2) is 13.9. The van der Waals surface area contributed by atoms with Crippen LogP contribution in [0.15, 0.2) is 84.9 Å². The normalized spacial score (nSPS) is 12.1. The highest BCUT2D eigenvalue weighted by molar-refractivity contribution is 7.92. The van der Waals surface area contributed by atoms with E-state index in [1.165, 1.54) is 4.90 Å². The quantitative estimate of drug-likeness (QED) is 0.342. The number of hydrogen-bond donors (Lipinski definition) is 1. The monoisotopic (exact) mass is 549 g/mol. The summed E-state index contributed by atoms with van der Waals surface area (Å²) in [5.74, 6) is -0.490. The molecule has 2 amide bonds. The van der Waals surface area contributed by atoms with E-state index in [9.17, 15) is 18.0 Å². The molecule has 0 saturated carbocycles. The Hall–Kier alpha value is -3.65. The molecular weight excluding hydrogens is 510 g/mol. The summed E-state index contributed by atoms with van der Waals surface area (Å²) < 4.78 is 26.8. The van der Waals surface area contributed by atoms with Gasteiger partial charge in [0.15, 0.2) is 0 Å². The number of rotatable bonds is 13. The van der Waals surface area contributed by atoms with Crippen LogP contribution in [-0.2, 0) is 39.0 Å². The number of carbonyl (C=O) groups is 2. The van der Waals surface area contributed by atoms with Gasteiger partial charge in [-0.1, -0.05) is 93.6 Å². The van der Waals surface area contributed by atoms with Crippen molar-refractivity contribution in [2.24, 2.45) is 5.92 Å². The zero-order valence-corrected chi connectivity index (χ0v) is 24.0. The lowest BCUT2D eigenvalue weighted by atomic mass is 10.0. The van der Waals surface area contributed by atoms with Crippen molar-refractivity contribution in [2.75, 3.05) is 23.7 Å². The summed E-state index contributed by atoms with van der Waals surface area (Å²) in [6.07, 6.45) is 2.20. The predicted octanol–water partition coefficient (Wildman–Crippen LogP) is 4.43. The maximum absolute atomic E-state index is 14.0. The van der Waals surface area contributed by atoms with E-state index in [4.69, 9.17) is 0 Å². The summed E-state index contributed by atoms with van der Waals surface area (Å²) in [5, 5.41) is 2.99. The smallest absolute Gasteiger partial charge is 0.244 e. The van der Waals surface area contributed by atoms with E-state index in [1.54, 1.807) is 12.1 Å². The molecule has 0 radical (unpaired) electrons. The number of hydrogen-bond acceptors (Lipinski definition) is 4. The van der Waals surface area contributed by atoms with Crippen LogP contribution in [0.2, 0.25) is 0 Å². The molecule has 0 fully saturated rings. The number of nitrogens with one attached hydrogen (secondary N) is 1. The Balaban J connectivity index is 2.01. The SMILES string of the molecule is CCc1ccc(N(CC(=O)N(Cc2ccccc2)[C@H](Cc2ccccc2)C(=O)NCC(C)C)S(C)(=O)=O)cc1. The molecule has 1 N–H and O–H groups in total. The molecule has 208 valence electrons. The van der Waals surface area contributed by atoms with Gasteiger partial charge in [-0.3, -0.25) is 13.9 Å². The van der Waals surface area contributed by atoms with Crippen molar-refractivity contribution < 1.29 is 18.0 Å². The lowest BCUT2D eigenvalue weighted by Gasteiger charge is -2.33. The largest absolute Gasteiger partial charge is 0.354 e. The van der Waals surface area contributed by atoms with Crippen molar-refractivity contribution >= 4 is 27.5 Å². The Morgan fingerprint density at radius 2 is 1.38 bits per heavy atom. The fourth-order valence-corrected chi connectivity index (χ4v) is 5.12. The van der Waals surface area contributed by atoms with Gasteiger partial charge in [-0.25, -0.2) is 8.42 Å². The number of benzene rings is 3. The van der Waals surface area contributed by atoms with Crippen LogP contribution < -0.4 is 9.62 Å². The fraction of sp³-hybridized carbons (Fsp3) is 0.355. The van der Waals surface area contributed by atoms with Crippen molar-refractivity contribution in [2.45, 2.75) is 46.2 Å². The highest BCUT2D eigenvalue weighted by Gasteiger charge is 2.33. The van der Waals surface area contributed by atoms with Crippen molar-refractivity contribution in [3.63, 3.8) is 0 Å². The average Bonchev–Trinajstić information content (AvgIpc) is 2.92. The minimum atomic E-state index is -3.78. The topological polar surface area (TPSA) is 86.8 Å². The number of sulfonamides is 1. The van der Waals surface area contributed by atoms with E-state index >= 15 is 0 Å². The Bertz CT molecular complexity index is 1310. The molecule has 0 heterocycles. The fourth-order valence-electron chi connectivity index (χ4n) is 4.27.